The second-order valence-corrected chi connectivity index (χ2v) is 5.34. The van der Waals surface area contributed by atoms with E-state index in [1.165, 1.54) is 6.42 Å². The maximum atomic E-state index is 6.20. The highest BCUT2D eigenvalue weighted by Gasteiger charge is 2.04. The first-order chi connectivity index (χ1) is 9.13. The van der Waals surface area contributed by atoms with Crippen molar-refractivity contribution in [2.75, 3.05) is 6.61 Å². The summed E-state index contributed by atoms with van der Waals surface area (Å²) in [7, 11) is 0. The molecule has 0 bridgehead atoms. The van der Waals surface area contributed by atoms with E-state index in [0.717, 1.165) is 37.0 Å². The summed E-state index contributed by atoms with van der Waals surface area (Å²) in [5.41, 5.74) is 6.92. The number of allylic oxidation sites excluding steroid dienone is 1. The molecule has 0 fully saturated rings. The third kappa shape index (κ3) is 6.65. The molecule has 2 N–H and O–H groups in total. The lowest BCUT2D eigenvalue weighted by molar-refractivity contribution is 0.305. The van der Waals surface area contributed by atoms with Crippen LogP contribution in [0.1, 0.15) is 38.2 Å². The lowest BCUT2D eigenvalue weighted by Gasteiger charge is -2.10. The van der Waals surface area contributed by atoms with E-state index < -0.39 is 0 Å². The van der Waals surface area contributed by atoms with Crippen LogP contribution < -0.4 is 10.5 Å². The highest BCUT2D eigenvalue weighted by Crippen LogP contribution is 2.26. The van der Waals surface area contributed by atoms with Crippen molar-refractivity contribution in [3.63, 3.8) is 0 Å². The first-order valence-corrected chi connectivity index (χ1v) is 7.29. The van der Waals surface area contributed by atoms with Gasteiger partial charge in [0.05, 0.1) is 11.6 Å². The van der Waals surface area contributed by atoms with Gasteiger partial charge in [-0.05, 0) is 56.7 Å². The van der Waals surface area contributed by atoms with Crippen molar-refractivity contribution >= 4 is 11.6 Å². The molecule has 0 amide bonds. The van der Waals surface area contributed by atoms with Gasteiger partial charge < -0.3 is 10.5 Å². The van der Waals surface area contributed by atoms with Crippen LogP contribution in [-0.2, 0) is 6.42 Å². The molecule has 0 aromatic heterocycles. The third-order valence-corrected chi connectivity index (χ3v) is 3.16. The SMILES string of the molecule is C=CCCCCCOc1ccc(CC(C)N)cc1Cl. The largest absolute Gasteiger partial charge is 0.492 e. The fourth-order valence-electron chi connectivity index (χ4n) is 1.91. The first-order valence-electron chi connectivity index (χ1n) is 6.91. The Kier molecular flexibility index (Phi) is 7.61. The zero-order valence-electron chi connectivity index (χ0n) is 11.7. The van der Waals surface area contributed by atoms with Crippen molar-refractivity contribution in [2.45, 2.75) is 45.1 Å². The zero-order chi connectivity index (χ0) is 14.1. The van der Waals surface area contributed by atoms with Crippen molar-refractivity contribution < 1.29 is 4.74 Å². The van der Waals surface area contributed by atoms with E-state index in [9.17, 15) is 0 Å². The summed E-state index contributed by atoms with van der Waals surface area (Å²) in [6.45, 7) is 6.41. The molecule has 2 nitrogen and oxygen atoms in total. The molecule has 0 aliphatic carbocycles. The Bertz CT molecular complexity index is 390. The Morgan fingerprint density at radius 2 is 2.16 bits per heavy atom. The predicted molar refractivity (Wildman–Crippen MR) is 83.0 cm³/mol. The lowest BCUT2D eigenvalue weighted by atomic mass is 10.1. The van der Waals surface area contributed by atoms with E-state index in [2.05, 4.69) is 6.58 Å². The highest BCUT2D eigenvalue weighted by atomic mass is 35.5. The zero-order valence-corrected chi connectivity index (χ0v) is 12.5. The molecule has 0 heterocycles. The summed E-state index contributed by atoms with van der Waals surface area (Å²) in [6.07, 6.45) is 7.25. The predicted octanol–water partition coefficient (Wildman–Crippen LogP) is 4.35. The molecule has 0 aliphatic rings. The molecule has 1 atom stereocenters. The van der Waals surface area contributed by atoms with Gasteiger partial charge in [0.1, 0.15) is 5.75 Å². The summed E-state index contributed by atoms with van der Waals surface area (Å²) in [5.74, 6) is 0.763. The van der Waals surface area contributed by atoms with Crippen LogP contribution in [0.3, 0.4) is 0 Å². The summed E-state index contributed by atoms with van der Waals surface area (Å²) in [5, 5.41) is 0.671. The standard InChI is InChI=1S/C16H24ClNO/c1-3-4-5-6-7-10-19-16-9-8-14(11-13(2)18)12-15(16)17/h3,8-9,12-13H,1,4-7,10-11,18H2,2H3. The van der Waals surface area contributed by atoms with Crippen LogP contribution in [0.15, 0.2) is 30.9 Å². The van der Waals surface area contributed by atoms with Crippen LogP contribution in [0.5, 0.6) is 5.75 Å². The number of nitrogens with two attached hydrogens (primary N) is 1. The Balaban J connectivity index is 2.36. The van der Waals surface area contributed by atoms with Crippen LogP contribution >= 0.6 is 11.6 Å². The molecule has 0 saturated carbocycles. The maximum absolute atomic E-state index is 6.20. The molecule has 106 valence electrons. The average molecular weight is 282 g/mol. The first kappa shape index (κ1) is 16.1. The topological polar surface area (TPSA) is 35.2 Å². The van der Waals surface area contributed by atoms with Gasteiger partial charge in [0, 0.05) is 6.04 Å². The van der Waals surface area contributed by atoms with E-state index in [-0.39, 0.29) is 6.04 Å². The summed E-state index contributed by atoms with van der Waals surface area (Å²) in [4.78, 5) is 0. The molecule has 1 aromatic rings. The number of ether oxygens (including phenoxy) is 1. The number of halogens is 1. The molecule has 0 radical (unpaired) electrons. The van der Waals surface area contributed by atoms with Crippen LogP contribution in [0.4, 0.5) is 0 Å². The number of benzene rings is 1. The van der Waals surface area contributed by atoms with Crippen LogP contribution in [0.25, 0.3) is 0 Å². The van der Waals surface area contributed by atoms with Gasteiger partial charge in [0.2, 0.25) is 0 Å². The molecule has 0 spiro atoms. The molecular weight excluding hydrogens is 258 g/mol. The quantitative estimate of drug-likeness (QED) is 0.539. The highest BCUT2D eigenvalue weighted by molar-refractivity contribution is 6.32. The second-order valence-electron chi connectivity index (χ2n) is 4.93. The van der Waals surface area contributed by atoms with Crippen molar-refractivity contribution in [3.8, 4) is 5.75 Å². The van der Waals surface area contributed by atoms with Crippen molar-refractivity contribution in [1.29, 1.82) is 0 Å². The van der Waals surface area contributed by atoms with Crippen molar-refractivity contribution in [3.05, 3.63) is 41.4 Å². The monoisotopic (exact) mass is 281 g/mol. The summed E-state index contributed by atoms with van der Waals surface area (Å²) in [6, 6.07) is 6.05. The number of unbranched alkanes of at least 4 members (excludes halogenated alkanes) is 3. The number of hydrogen-bond donors (Lipinski definition) is 1. The average Bonchev–Trinajstić information content (AvgIpc) is 2.35. The second kappa shape index (κ2) is 9.00. The third-order valence-electron chi connectivity index (χ3n) is 2.86. The summed E-state index contributed by atoms with van der Waals surface area (Å²) >= 11 is 6.20. The Hall–Kier alpha value is -0.990. The Morgan fingerprint density at radius 3 is 2.79 bits per heavy atom. The van der Waals surface area contributed by atoms with Crippen molar-refractivity contribution in [1.82, 2.24) is 0 Å². The maximum Gasteiger partial charge on any atom is 0.137 e. The van der Waals surface area contributed by atoms with Gasteiger partial charge in [-0.3, -0.25) is 0 Å². The molecule has 0 saturated heterocycles. The normalized spacial score (nSPS) is 12.2. The minimum Gasteiger partial charge on any atom is -0.492 e. The molecule has 19 heavy (non-hydrogen) atoms. The molecule has 1 rings (SSSR count). The number of hydrogen-bond acceptors (Lipinski definition) is 2. The Morgan fingerprint density at radius 1 is 1.37 bits per heavy atom. The van der Waals surface area contributed by atoms with Crippen LogP contribution in [0.2, 0.25) is 5.02 Å². The van der Waals surface area contributed by atoms with E-state index in [1.807, 2.05) is 31.2 Å². The van der Waals surface area contributed by atoms with E-state index in [0.29, 0.717) is 11.6 Å². The molecule has 3 heteroatoms. The van der Waals surface area contributed by atoms with E-state index >= 15 is 0 Å². The summed E-state index contributed by atoms with van der Waals surface area (Å²) < 4.78 is 5.69. The minimum atomic E-state index is 0.146. The fraction of sp³-hybridized carbons (Fsp3) is 0.500. The van der Waals surface area contributed by atoms with E-state index in [1.54, 1.807) is 0 Å². The lowest BCUT2D eigenvalue weighted by Crippen LogP contribution is -2.17. The van der Waals surface area contributed by atoms with Gasteiger partial charge in [-0.2, -0.15) is 0 Å². The fourth-order valence-corrected chi connectivity index (χ4v) is 2.17. The Labute approximate surface area is 121 Å². The molecular formula is C16H24ClNO. The van der Waals surface area contributed by atoms with Crippen LogP contribution in [-0.4, -0.2) is 12.6 Å². The van der Waals surface area contributed by atoms with Gasteiger partial charge in [0.25, 0.3) is 0 Å². The molecule has 1 aromatic carbocycles. The smallest absolute Gasteiger partial charge is 0.137 e. The van der Waals surface area contributed by atoms with Crippen LogP contribution in [0, 0.1) is 0 Å². The van der Waals surface area contributed by atoms with Crippen molar-refractivity contribution in [2.24, 2.45) is 5.73 Å². The minimum absolute atomic E-state index is 0.146. The van der Waals surface area contributed by atoms with Gasteiger partial charge in [-0.1, -0.05) is 23.7 Å². The van der Waals surface area contributed by atoms with Gasteiger partial charge >= 0.3 is 0 Å². The van der Waals surface area contributed by atoms with Gasteiger partial charge in [-0.25, -0.2) is 0 Å². The van der Waals surface area contributed by atoms with Gasteiger partial charge in [0.15, 0.2) is 0 Å². The van der Waals surface area contributed by atoms with Gasteiger partial charge in [-0.15, -0.1) is 6.58 Å². The molecule has 1 unspecified atom stereocenters. The van der Waals surface area contributed by atoms with E-state index in [4.69, 9.17) is 22.1 Å². The number of rotatable bonds is 9. The molecule has 0 aliphatic heterocycles.